The molecule has 0 unspecified atom stereocenters. The van der Waals surface area contributed by atoms with Gasteiger partial charge in [0.2, 0.25) is 0 Å². The number of carbonyl (C=O) groups is 1. The number of ether oxygens (including phenoxy) is 1. The molecule has 0 N–H and O–H groups in total. The lowest BCUT2D eigenvalue weighted by Crippen LogP contribution is -2.27. The summed E-state index contributed by atoms with van der Waals surface area (Å²) in [6, 6.07) is 14.1. The normalized spacial score (nSPS) is 10.6. The Balaban J connectivity index is 0.000000730. The molecule has 3 nitrogen and oxygen atoms in total. The summed E-state index contributed by atoms with van der Waals surface area (Å²) in [6.07, 6.45) is -0.334. The van der Waals surface area contributed by atoms with Crippen LogP contribution in [0, 0.1) is 6.92 Å². The highest BCUT2D eigenvalue weighted by Gasteiger charge is 2.22. The second-order valence-electron chi connectivity index (χ2n) is 6.35. The highest BCUT2D eigenvalue weighted by Crippen LogP contribution is 2.30. The minimum absolute atomic E-state index is 0.334. The van der Waals surface area contributed by atoms with Crippen molar-refractivity contribution in [3.8, 4) is 0 Å². The number of aromatic nitrogens is 1. The first-order chi connectivity index (χ1) is 11.9. The van der Waals surface area contributed by atoms with Crippen molar-refractivity contribution in [2.45, 2.75) is 61.0 Å². The molecule has 3 rings (SSSR count). The number of hydrogen-bond acceptors (Lipinski definition) is 2. The van der Waals surface area contributed by atoms with Crippen LogP contribution in [0.5, 0.6) is 0 Å². The maximum atomic E-state index is 12.6. The van der Waals surface area contributed by atoms with Crippen molar-refractivity contribution in [3.05, 3.63) is 48.0 Å². The fourth-order valence-corrected chi connectivity index (χ4v) is 2.58. The topological polar surface area (TPSA) is 31.2 Å². The Morgan fingerprint density at radius 3 is 2.04 bits per heavy atom. The second kappa shape index (κ2) is 8.70. The summed E-state index contributed by atoms with van der Waals surface area (Å²) >= 11 is 0. The van der Waals surface area contributed by atoms with Gasteiger partial charge in [0, 0.05) is 10.8 Å². The SMILES string of the molecule is CC.CC.Cc1ccc2c3ccccc3n(C(=O)OC(C)(C)C)c2c1. The molecule has 3 heteroatoms. The number of nitrogens with zero attached hydrogens (tertiary/aromatic N) is 1. The van der Waals surface area contributed by atoms with Crippen LogP contribution in [0.2, 0.25) is 0 Å². The number of aryl methyl sites for hydroxylation is 1. The van der Waals surface area contributed by atoms with Crippen LogP contribution in [0.4, 0.5) is 4.79 Å². The molecule has 1 heterocycles. The van der Waals surface area contributed by atoms with Gasteiger partial charge in [-0.25, -0.2) is 9.36 Å². The third-order valence-electron chi connectivity index (χ3n) is 3.41. The zero-order chi connectivity index (χ0) is 19.2. The van der Waals surface area contributed by atoms with Crippen molar-refractivity contribution in [3.63, 3.8) is 0 Å². The lowest BCUT2D eigenvalue weighted by Gasteiger charge is -2.20. The van der Waals surface area contributed by atoms with Crippen LogP contribution in [0.3, 0.4) is 0 Å². The molecule has 3 aromatic rings. The summed E-state index contributed by atoms with van der Waals surface area (Å²) in [7, 11) is 0. The first-order valence-electron chi connectivity index (χ1n) is 9.10. The molecule has 0 saturated carbocycles. The average Bonchev–Trinajstić information content (AvgIpc) is 2.90. The summed E-state index contributed by atoms with van der Waals surface area (Å²) in [5, 5.41) is 2.14. The van der Waals surface area contributed by atoms with E-state index < -0.39 is 5.60 Å². The monoisotopic (exact) mass is 341 g/mol. The molecule has 25 heavy (non-hydrogen) atoms. The van der Waals surface area contributed by atoms with Gasteiger partial charge in [0.15, 0.2) is 0 Å². The molecule has 0 fully saturated rings. The van der Waals surface area contributed by atoms with Crippen molar-refractivity contribution in [2.24, 2.45) is 0 Å². The smallest absolute Gasteiger partial charge is 0.419 e. The van der Waals surface area contributed by atoms with Crippen LogP contribution in [-0.4, -0.2) is 16.3 Å². The predicted octanol–water partition coefficient (Wildman–Crippen LogP) is 6.94. The highest BCUT2D eigenvalue weighted by molar-refractivity contribution is 6.12. The zero-order valence-corrected chi connectivity index (χ0v) is 16.8. The number of carbonyl (C=O) groups excluding carboxylic acids is 1. The molecule has 136 valence electrons. The van der Waals surface area contributed by atoms with Crippen LogP contribution in [-0.2, 0) is 4.74 Å². The molecule has 0 aliphatic heterocycles. The molecule has 0 spiro atoms. The van der Waals surface area contributed by atoms with Gasteiger partial charge in [0.25, 0.3) is 0 Å². The van der Waals surface area contributed by atoms with Gasteiger partial charge in [0.05, 0.1) is 11.0 Å². The number of rotatable bonds is 0. The van der Waals surface area contributed by atoms with E-state index in [1.165, 1.54) is 0 Å². The van der Waals surface area contributed by atoms with E-state index in [-0.39, 0.29) is 6.09 Å². The van der Waals surface area contributed by atoms with E-state index in [0.29, 0.717) is 0 Å². The molecule has 0 aliphatic carbocycles. The Labute approximate surface area is 151 Å². The van der Waals surface area contributed by atoms with Gasteiger partial charge in [-0.2, -0.15) is 0 Å². The minimum Gasteiger partial charge on any atom is -0.443 e. The number of fused-ring (bicyclic) bond motifs is 3. The first kappa shape index (κ1) is 20.8. The van der Waals surface area contributed by atoms with E-state index in [2.05, 4.69) is 12.1 Å². The maximum absolute atomic E-state index is 12.6. The Morgan fingerprint density at radius 2 is 1.44 bits per heavy atom. The van der Waals surface area contributed by atoms with E-state index >= 15 is 0 Å². The van der Waals surface area contributed by atoms with Gasteiger partial charge in [-0.1, -0.05) is 58.0 Å². The number of benzene rings is 2. The predicted molar refractivity (Wildman–Crippen MR) is 109 cm³/mol. The molecule has 0 amide bonds. The molecular weight excluding hydrogens is 310 g/mol. The quantitative estimate of drug-likeness (QED) is 0.443. The molecule has 1 aromatic heterocycles. The van der Waals surface area contributed by atoms with Crippen LogP contribution in [0.15, 0.2) is 42.5 Å². The Bertz CT molecular complexity index is 838. The molecule has 0 radical (unpaired) electrons. The third kappa shape index (κ3) is 4.62. The van der Waals surface area contributed by atoms with Crippen molar-refractivity contribution in [1.82, 2.24) is 4.57 Å². The Kier molecular flexibility index (Phi) is 7.22. The van der Waals surface area contributed by atoms with E-state index in [0.717, 1.165) is 27.4 Å². The van der Waals surface area contributed by atoms with E-state index in [4.69, 9.17) is 4.74 Å². The fraction of sp³-hybridized carbons (Fsp3) is 0.409. The maximum Gasteiger partial charge on any atom is 0.419 e. The molecule has 0 atom stereocenters. The molecule has 0 bridgehead atoms. The number of hydrogen-bond donors (Lipinski definition) is 0. The molecular formula is C22H31NO2. The van der Waals surface area contributed by atoms with Gasteiger partial charge in [-0.15, -0.1) is 0 Å². The summed E-state index contributed by atoms with van der Waals surface area (Å²) in [4.78, 5) is 12.6. The summed E-state index contributed by atoms with van der Waals surface area (Å²) in [5.74, 6) is 0. The van der Waals surface area contributed by atoms with Crippen LogP contribution in [0.25, 0.3) is 21.8 Å². The largest absolute Gasteiger partial charge is 0.443 e. The van der Waals surface area contributed by atoms with Crippen LogP contribution >= 0.6 is 0 Å². The van der Waals surface area contributed by atoms with Crippen LogP contribution < -0.4 is 0 Å². The highest BCUT2D eigenvalue weighted by atomic mass is 16.6. The minimum atomic E-state index is -0.515. The third-order valence-corrected chi connectivity index (χ3v) is 3.41. The average molecular weight is 341 g/mol. The first-order valence-corrected chi connectivity index (χ1v) is 9.10. The summed E-state index contributed by atoms with van der Waals surface area (Å²) < 4.78 is 7.23. The van der Waals surface area contributed by atoms with Crippen molar-refractivity contribution in [2.75, 3.05) is 0 Å². The molecule has 0 aliphatic rings. The van der Waals surface area contributed by atoms with Crippen molar-refractivity contribution >= 4 is 27.9 Å². The molecule has 2 aromatic carbocycles. The number of para-hydroxylation sites is 1. The summed E-state index contributed by atoms with van der Waals surface area (Å²) in [6.45, 7) is 15.7. The lowest BCUT2D eigenvalue weighted by atomic mass is 10.1. The van der Waals surface area contributed by atoms with Crippen molar-refractivity contribution < 1.29 is 9.53 Å². The summed E-state index contributed by atoms with van der Waals surface area (Å²) in [5.41, 5.74) is 2.38. The van der Waals surface area contributed by atoms with E-state index in [1.807, 2.05) is 85.7 Å². The van der Waals surface area contributed by atoms with Gasteiger partial charge in [0.1, 0.15) is 5.60 Å². The van der Waals surface area contributed by atoms with Gasteiger partial charge in [-0.05, 0) is 45.4 Å². The van der Waals surface area contributed by atoms with E-state index in [1.54, 1.807) is 4.57 Å². The van der Waals surface area contributed by atoms with Crippen LogP contribution in [0.1, 0.15) is 54.0 Å². The van der Waals surface area contributed by atoms with Gasteiger partial charge >= 0.3 is 6.09 Å². The fourth-order valence-electron chi connectivity index (χ4n) is 2.58. The van der Waals surface area contributed by atoms with Gasteiger partial charge < -0.3 is 4.74 Å². The van der Waals surface area contributed by atoms with Crippen molar-refractivity contribution in [1.29, 1.82) is 0 Å². The Morgan fingerprint density at radius 1 is 0.880 bits per heavy atom. The molecule has 0 saturated heterocycles. The van der Waals surface area contributed by atoms with Gasteiger partial charge in [-0.3, -0.25) is 0 Å². The zero-order valence-electron chi connectivity index (χ0n) is 16.8. The standard InChI is InChI=1S/C18H19NO2.2C2H6/c1-12-9-10-14-13-7-5-6-8-15(13)19(16(14)11-12)17(20)21-18(2,3)4;2*1-2/h5-11H,1-4H3;2*1-2H3. The Hall–Kier alpha value is -2.29. The lowest BCUT2D eigenvalue weighted by molar-refractivity contribution is 0.0551. The second-order valence-corrected chi connectivity index (χ2v) is 6.35. The van der Waals surface area contributed by atoms with E-state index in [9.17, 15) is 4.79 Å².